The van der Waals surface area contributed by atoms with E-state index in [1.807, 2.05) is 6.92 Å². The number of benzene rings is 1. The molecular weight excluding hydrogens is 268 g/mol. The molecule has 0 aliphatic heterocycles. The molecule has 108 valence electrons. The highest BCUT2D eigenvalue weighted by Crippen LogP contribution is 2.24. The Morgan fingerprint density at radius 3 is 2.58 bits per heavy atom. The van der Waals surface area contributed by atoms with E-state index in [1.165, 1.54) is 25.3 Å². The van der Waals surface area contributed by atoms with Crippen LogP contribution in [0.3, 0.4) is 0 Å². The number of sulfonamides is 1. The van der Waals surface area contributed by atoms with Gasteiger partial charge in [-0.15, -0.1) is 0 Å². The van der Waals surface area contributed by atoms with Crippen LogP contribution in [0.4, 0.5) is 5.69 Å². The van der Waals surface area contributed by atoms with E-state index in [0.29, 0.717) is 18.9 Å². The minimum atomic E-state index is -3.56. The van der Waals surface area contributed by atoms with E-state index in [0.717, 1.165) is 0 Å². The van der Waals surface area contributed by atoms with E-state index >= 15 is 0 Å². The minimum absolute atomic E-state index is 0.0929. The van der Waals surface area contributed by atoms with Crippen molar-refractivity contribution in [1.29, 1.82) is 0 Å². The van der Waals surface area contributed by atoms with Crippen LogP contribution in [0.15, 0.2) is 23.1 Å². The van der Waals surface area contributed by atoms with Crippen LogP contribution in [-0.4, -0.2) is 35.8 Å². The highest BCUT2D eigenvalue weighted by Gasteiger charge is 2.16. The molecule has 1 aromatic rings. The van der Waals surface area contributed by atoms with Gasteiger partial charge in [0, 0.05) is 20.3 Å². The molecule has 3 N–H and O–H groups in total. The Hall–Kier alpha value is -1.31. The van der Waals surface area contributed by atoms with E-state index in [-0.39, 0.29) is 16.5 Å². The third-order valence-corrected chi connectivity index (χ3v) is 4.01. The lowest BCUT2D eigenvalue weighted by molar-refractivity contribution is 0.161. The monoisotopic (exact) mass is 288 g/mol. The standard InChI is InChI=1S/C12H20N2O4S/c1-9(8-17-2)7-14-19(15,16)10-4-5-12(18-3)11(13)6-10/h4-6,9,14H,7-8,13H2,1-3H3. The molecule has 1 unspecified atom stereocenters. The summed E-state index contributed by atoms with van der Waals surface area (Å²) in [5.41, 5.74) is 5.98. The first kappa shape index (κ1) is 15.7. The fourth-order valence-corrected chi connectivity index (χ4v) is 2.76. The zero-order valence-corrected chi connectivity index (χ0v) is 12.2. The molecule has 0 aromatic heterocycles. The first-order valence-electron chi connectivity index (χ1n) is 5.82. The number of hydrogen-bond acceptors (Lipinski definition) is 5. The highest BCUT2D eigenvalue weighted by molar-refractivity contribution is 7.89. The quantitative estimate of drug-likeness (QED) is 0.725. The lowest BCUT2D eigenvalue weighted by atomic mass is 10.2. The van der Waals surface area contributed by atoms with Gasteiger partial charge in [-0.2, -0.15) is 0 Å². The molecular formula is C12H20N2O4S. The van der Waals surface area contributed by atoms with Gasteiger partial charge >= 0.3 is 0 Å². The number of nitrogen functional groups attached to an aromatic ring is 1. The van der Waals surface area contributed by atoms with Crippen LogP contribution in [0.1, 0.15) is 6.92 Å². The SMILES string of the molecule is COCC(C)CNS(=O)(=O)c1ccc(OC)c(N)c1. The molecule has 0 saturated heterocycles. The van der Waals surface area contributed by atoms with Crippen molar-refractivity contribution < 1.29 is 17.9 Å². The Morgan fingerprint density at radius 2 is 2.05 bits per heavy atom. The molecule has 0 heterocycles. The molecule has 0 aliphatic carbocycles. The molecule has 19 heavy (non-hydrogen) atoms. The molecule has 1 rings (SSSR count). The van der Waals surface area contributed by atoms with Crippen molar-refractivity contribution in [3.63, 3.8) is 0 Å². The number of nitrogens with one attached hydrogen (secondary N) is 1. The van der Waals surface area contributed by atoms with E-state index in [2.05, 4.69) is 4.72 Å². The van der Waals surface area contributed by atoms with Crippen LogP contribution in [0.25, 0.3) is 0 Å². The largest absolute Gasteiger partial charge is 0.495 e. The smallest absolute Gasteiger partial charge is 0.240 e. The van der Waals surface area contributed by atoms with Gasteiger partial charge < -0.3 is 15.2 Å². The Bertz CT molecular complexity index is 516. The molecule has 0 fully saturated rings. The average Bonchev–Trinajstić information content (AvgIpc) is 2.37. The normalized spacial score (nSPS) is 13.2. The van der Waals surface area contributed by atoms with E-state index in [4.69, 9.17) is 15.2 Å². The zero-order valence-electron chi connectivity index (χ0n) is 11.3. The predicted octanol–water partition coefficient (Wildman–Crippen LogP) is 0.838. The third kappa shape index (κ3) is 4.38. The Labute approximate surface area is 113 Å². The van der Waals surface area contributed by atoms with Gasteiger partial charge in [-0.3, -0.25) is 0 Å². The molecule has 1 aromatic carbocycles. The van der Waals surface area contributed by atoms with Crippen LogP contribution in [0.2, 0.25) is 0 Å². The number of nitrogens with two attached hydrogens (primary N) is 1. The molecule has 0 spiro atoms. The number of rotatable bonds is 7. The number of anilines is 1. The fraction of sp³-hybridized carbons (Fsp3) is 0.500. The summed E-state index contributed by atoms with van der Waals surface area (Å²) in [6.45, 7) is 2.70. The molecule has 7 heteroatoms. The van der Waals surface area contributed by atoms with Gasteiger partial charge in [0.15, 0.2) is 0 Å². The summed E-state index contributed by atoms with van der Waals surface area (Å²) < 4.78 is 36.5. The summed E-state index contributed by atoms with van der Waals surface area (Å²) in [4.78, 5) is 0.121. The van der Waals surface area contributed by atoms with Crippen LogP contribution in [-0.2, 0) is 14.8 Å². The summed E-state index contributed by atoms with van der Waals surface area (Å²) >= 11 is 0. The summed E-state index contributed by atoms with van der Waals surface area (Å²) in [7, 11) is -0.507. The highest BCUT2D eigenvalue weighted by atomic mass is 32.2. The molecule has 0 bridgehead atoms. The van der Waals surface area contributed by atoms with Crippen molar-refractivity contribution in [1.82, 2.24) is 4.72 Å². The first-order valence-corrected chi connectivity index (χ1v) is 7.31. The fourth-order valence-electron chi connectivity index (χ4n) is 1.56. The van der Waals surface area contributed by atoms with E-state index < -0.39 is 10.0 Å². The predicted molar refractivity (Wildman–Crippen MR) is 73.6 cm³/mol. The van der Waals surface area contributed by atoms with Gasteiger partial charge in [0.25, 0.3) is 0 Å². The lowest BCUT2D eigenvalue weighted by Crippen LogP contribution is -2.30. The van der Waals surface area contributed by atoms with Crippen molar-refractivity contribution >= 4 is 15.7 Å². The van der Waals surface area contributed by atoms with Crippen molar-refractivity contribution in [3.05, 3.63) is 18.2 Å². The molecule has 0 radical (unpaired) electrons. The van der Waals surface area contributed by atoms with Crippen LogP contribution in [0.5, 0.6) is 5.75 Å². The molecule has 0 amide bonds. The minimum Gasteiger partial charge on any atom is -0.495 e. The maximum atomic E-state index is 12.0. The van der Waals surface area contributed by atoms with Crippen molar-refractivity contribution in [2.24, 2.45) is 5.92 Å². The number of methoxy groups -OCH3 is 2. The van der Waals surface area contributed by atoms with E-state index in [1.54, 1.807) is 7.11 Å². The summed E-state index contributed by atoms with van der Waals surface area (Å²) in [5, 5.41) is 0. The maximum absolute atomic E-state index is 12.0. The number of hydrogen-bond donors (Lipinski definition) is 2. The molecule has 0 saturated carbocycles. The maximum Gasteiger partial charge on any atom is 0.240 e. The second kappa shape index (κ2) is 6.74. The Morgan fingerprint density at radius 1 is 1.37 bits per heavy atom. The van der Waals surface area contributed by atoms with Crippen molar-refractivity contribution in [3.8, 4) is 5.75 Å². The van der Waals surface area contributed by atoms with Gasteiger partial charge in [-0.1, -0.05) is 6.92 Å². The zero-order chi connectivity index (χ0) is 14.5. The van der Waals surface area contributed by atoms with Gasteiger partial charge in [0.05, 0.1) is 17.7 Å². The molecule has 6 nitrogen and oxygen atoms in total. The summed E-state index contributed by atoms with van der Waals surface area (Å²) in [6.07, 6.45) is 0. The first-order chi connectivity index (χ1) is 8.90. The Balaban J connectivity index is 2.80. The second-order valence-corrected chi connectivity index (χ2v) is 6.08. The van der Waals surface area contributed by atoms with Crippen LogP contribution < -0.4 is 15.2 Å². The van der Waals surface area contributed by atoms with Crippen molar-refractivity contribution in [2.45, 2.75) is 11.8 Å². The number of ether oxygens (including phenoxy) is 2. The van der Waals surface area contributed by atoms with Gasteiger partial charge in [0.1, 0.15) is 5.75 Å². The second-order valence-electron chi connectivity index (χ2n) is 4.32. The third-order valence-electron chi connectivity index (χ3n) is 2.58. The topological polar surface area (TPSA) is 90.6 Å². The summed E-state index contributed by atoms with van der Waals surface area (Å²) in [6, 6.07) is 4.36. The van der Waals surface area contributed by atoms with Gasteiger partial charge in [-0.25, -0.2) is 13.1 Å². The van der Waals surface area contributed by atoms with E-state index in [9.17, 15) is 8.42 Å². The summed E-state index contributed by atoms with van der Waals surface area (Å²) in [5.74, 6) is 0.544. The Kier molecular flexibility index (Phi) is 5.59. The van der Waals surface area contributed by atoms with Gasteiger partial charge in [-0.05, 0) is 24.1 Å². The lowest BCUT2D eigenvalue weighted by Gasteiger charge is -2.13. The molecule has 0 aliphatic rings. The van der Waals surface area contributed by atoms with Crippen molar-refractivity contribution in [2.75, 3.05) is 33.1 Å². The van der Waals surface area contributed by atoms with Crippen LogP contribution >= 0.6 is 0 Å². The average molecular weight is 288 g/mol. The van der Waals surface area contributed by atoms with Crippen LogP contribution in [0, 0.1) is 5.92 Å². The van der Waals surface area contributed by atoms with Gasteiger partial charge in [0.2, 0.25) is 10.0 Å². The molecule has 1 atom stereocenters.